The van der Waals surface area contributed by atoms with Gasteiger partial charge in [-0.15, -0.1) is 0 Å². The van der Waals surface area contributed by atoms with Crippen LogP contribution in [0, 0.1) is 20.8 Å². The predicted molar refractivity (Wildman–Crippen MR) is 106 cm³/mol. The van der Waals surface area contributed by atoms with Crippen LogP contribution < -0.4 is 10.9 Å². The fourth-order valence-electron chi connectivity index (χ4n) is 2.78. The van der Waals surface area contributed by atoms with Crippen molar-refractivity contribution in [2.24, 2.45) is 0 Å². The van der Waals surface area contributed by atoms with E-state index in [2.05, 4.69) is 25.5 Å². The van der Waals surface area contributed by atoms with Gasteiger partial charge in [-0.3, -0.25) is 14.6 Å². The number of amides is 1. The van der Waals surface area contributed by atoms with Gasteiger partial charge in [0, 0.05) is 29.0 Å². The Balaban J connectivity index is 1.63. The Kier molecular flexibility index (Phi) is 4.55. The molecule has 0 radical (unpaired) electrons. The highest BCUT2D eigenvalue weighted by atomic mass is 16.5. The second-order valence-corrected chi connectivity index (χ2v) is 6.58. The number of hydrogen-bond acceptors (Lipinski definition) is 6. The summed E-state index contributed by atoms with van der Waals surface area (Å²) in [5.74, 6) is 0.582. The van der Waals surface area contributed by atoms with Crippen LogP contribution in [0.25, 0.3) is 17.3 Å². The smallest absolute Gasteiger partial charge is 0.279 e. The molecule has 4 rings (SSSR count). The van der Waals surface area contributed by atoms with E-state index < -0.39 is 5.91 Å². The zero-order chi connectivity index (χ0) is 20.5. The number of aromatic amines is 1. The van der Waals surface area contributed by atoms with E-state index in [1.807, 2.05) is 30.3 Å². The largest absolute Gasteiger partial charge is 0.355 e. The molecule has 2 N–H and O–H groups in total. The predicted octanol–water partition coefficient (Wildman–Crippen LogP) is 2.79. The van der Waals surface area contributed by atoms with Crippen molar-refractivity contribution in [2.75, 3.05) is 5.32 Å². The van der Waals surface area contributed by atoms with E-state index >= 15 is 0 Å². The van der Waals surface area contributed by atoms with Crippen LogP contribution in [0.3, 0.4) is 0 Å². The van der Waals surface area contributed by atoms with Crippen LogP contribution >= 0.6 is 0 Å². The summed E-state index contributed by atoms with van der Waals surface area (Å²) >= 11 is 0. The Morgan fingerprint density at radius 1 is 1.14 bits per heavy atom. The van der Waals surface area contributed by atoms with E-state index in [0.717, 1.165) is 5.56 Å². The highest BCUT2D eigenvalue weighted by Gasteiger charge is 2.18. The average molecular weight is 390 g/mol. The number of nitrogens with zero attached hydrogens (tertiary/aromatic N) is 4. The van der Waals surface area contributed by atoms with Gasteiger partial charge in [-0.2, -0.15) is 9.78 Å². The Morgan fingerprint density at radius 3 is 2.62 bits per heavy atom. The number of aryl methyl sites for hydroxylation is 2. The van der Waals surface area contributed by atoms with E-state index in [4.69, 9.17) is 4.52 Å². The van der Waals surface area contributed by atoms with Gasteiger partial charge in [0.05, 0.1) is 5.69 Å². The van der Waals surface area contributed by atoms with Crippen LogP contribution in [-0.4, -0.2) is 30.8 Å². The quantitative estimate of drug-likeness (QED) is 0.553. The van der Waals surface area contributed by atoms with Crippen molar-refractivity contribution < 1.29 is 9.32 Å². The first-order valence-corrected chi connectivity index (χ1v) is 8.90. The number of aromatic nitrogens is 5. The molecule has 0 fully saturated rings. The number of rotatable bonds is 4. The molecular formula is C20H18N6O3. The molecule has 0 unspecified atom stereocenters. The molecule has 1 aromatic carbocycles. The molecule has 0 saturated carbocycles. The van der Waals surface area contributed by atoms with Crippen LogP contribution in [0.15, 0.2) is 51.8 Å². The zero-order valence-corrected chi connectivity index (χ0v) is 16.1. The number of benzene rings is 1. The number of H-pyrrole nitrogens is 1. The van der Waals surface area contributed by atoms with Crippen LogP contribution in [-0.2, 0) is 0 Å². The minimum atomic E-state index is -0.469. The molecule has 0 aliphatic heterocycles. The van der Waals surface area contributed by atoms with Crippen molar-refractivity contribution in [1.82, 2.24) is 24.9 Å². The lowest BCUT2D eigenvalue weighted by Gasteiger charge is -2.08. The van der Waals surface area contributed by atoms with Gasteiger partial charge in [-0.25, -0.2) is 4.98 Å². The SMILES string of the molecule is Cc1cc(NC(=O)c2cc(-c3ccccc3)on2)n(-c2nc(C)c(C)c(=O)[nH]2)n1. The third-order valence-electron chi connectivity index (χ3n) is 4.46. The van der Waals surface area contributed by atoms with Gasteiger partial charge in [0.1, 0.15) is 5.82 Å². The molecule has 0 saturated heterocycles. The van der Waals surface area contributed by atoms with Crippen molar-refractivity contribution in [1.29, 1.82) is 0 Å². The average Bonchev–Trinajstić information content (AvgIpc) is 3.33. The van der Waals surface area contributed by atoms with Gasteiger partial charge in [0.2, 0.25) is 5.95 Å². The molecule has 3 heterocycles. The van der Waals surface area contributed by atoms with Gasteiger partial charge in [0.15, 0.2) is 11.5 Å². The summed E-state index contributed by atoms with van der Waals surface area (Å²) in [7, 11) is 0. The van der Waals surface area contributed by atoms with Crippen LogP contribution in [0.2, 0.25) is 0 Å². The Bertz CT molecular complexity index is 1250. The number of hydrogen-bond donors (Lipinski definition) is 2. The van der Waals surface area contributed by atoms with Crippen LogP contribution in [0.1, 0.15) is 27.4 Å². The topological polar surface area (TPSA) is 119 Å². The van der Waals surface area contributed by atoms with Gasteiger partial charge in [0.25, 0.3) is 11.5 Å². The number of anilines is 1. The fraction of sp³-hybridized carbons (Fsp3) is 0.150. The first-order chi connectivity index (χ1) is 13.9. The van der Waals surface area contributed by atoms with Crippen molar-refractivity contribution in [3.63, 3.8) is 0 Å². The lowest BCUT2D eigenvalue weighted by molar-refractivity contribution is 0.101. The van der Waals surface area contributed by atoms with Crippen molar-refractivity contribution >= 4 is 11.7 Å². The van der Waals surface area contributed by atoms with Crippen LogP contribution in [0.5, 0.6) is 0 Å². The summed E-state index contributed by atoms with van der Waals surface area (Å²) < 4.78 is 6.66. The maximum atomic E-state index is 12.7. The second kappa shape index (κ2) is 7.19. The zero-order valence-electron chi connectivity index (χ0n) is 16.1. The highest BCUT2D eigenvalue weighted by molar-refractivity contribution is 6.03. The molecule has 0 spiro atoms. The maximum absolute atomic E-state index is 12.7. The molecule has 9 heteroatoms. The molecule has 4 aromatic rings. The van der Waals surface area contributed by atoms with E-state index in [1.54, 1.807) is 32.9 Å². The van der Waals surface area contributed by atoms with E-state index in [1.165, 1.54) is 4.68 Å². The summed E-state index contributed by atoms with van der Waals surface area (Å²) in [6.45, 7) is 5.20. The maximum Gasteiger partial charge on any atom is 0.279 e. The van der Waals surface area contributed by atoms with Gasteiger partial charge >= 0.3 is 0 Å². The van der Waals surface area contributed by atoms with Gasteiger partial charge in [-0.1, -0.05) is 35.5 Å². The minimum absolute atomic E-state index is 0.121. The van der Waals surface area contributed by atoms with E-state index in [-0.39, 0.29) is 17.2 Å². The van der Waals surface area contributed by atoms with Gasteiger partial charge in [-0.05, 0) is 20.8 Å². The molecule has 146 valence electrons. The first-order valence-electron chi connectivity index (χ1n) is 8.90. The lowest BCUT2D eigenvalue weighted by atomic mass is 10.1. The lowest BCUT2D eigenvalue weighted by Crippen LogP contribution is -2.21. The standard InChI is InChI=1S/C20H18N6O3/c1-11-9-17(26(24-11)20-21-13(3)12(2)18(27)23-20)22-19(28)15-10-16(29-25-15)14-7-5-4-6-8-14/h4-10H,1-3H3,(H,22,28)(H,21,23,27). The first kappa shape index (κ1) is 18.4. The molecule has 0 bridgehead atoms. The van der Waals surface area contributed by atoms with E-state index in [9.17, 15) is 9.59 Å². The highest BCUT2D eigenvalue weighted by Crippen LogP contribution is 2.21. The molecular weight excluding hydrogens is 372 g/mol. The van der Waals surface area contributed by atoms with Crippen molar-refractivity contribution in [3.8, 4) is 17.3 Å². The summed E-state index contributed by atoms with van der Waals surface area (Å²) in [5, 5.41) is 10.9. The van der Waals surface area contributed by atoms with Crippen molar-refractivity contribution in [3.05, 3.63) is 75.5 Å². The Labute approximate surface area is 165 Å². The summed E-state index contributed by atoms with van der Waals surface area (Å²) in [6, 6.07) is 12.6. The molecule has 9 nitrogen and oxygen atoms in total. The molecule has 0 aliphatic carbocycles. The molecule has 0 aliphatic rings. The second-order valence-electron chi connectivity index (χ2n) is 6.58. The molecule has 0 atom stereocenters. The Hall–Kier alpha value is -4.01. The van der Waals surface area contributed by atoms with Crippen LogP contribution in [0.4, 0.5) is 5.82 Å². The summed E-state index contributed by atoms with van der Waals surface area (Å²) in [4.78, 5) is 31.8. The Morgan fingerprint density at radius 2 is 1.90 bits per heavy atom. The number of carbonyl (C=O) groups is 1. The third kappa shape index (κ3) is 3.57. The molecule has 3 aromatic heterocycles. The van der Waals surface area contributed by atoms with E-state index in [0.29, 0.717) is 28.5 Å². The van der Waals surface area contributed by atoms with Crippen molar-refractivity contribution in [2.45, 2.75) is 20.8 Å². The summed E-state index contributed by atoms with van der Waals surface area (Å²) in [6.07, 6.45) is 0. The number of nitrogens with one attached hydrogen (secondary N) is 2. The van der Waals surface area contributed by atoms with Gasteiger partial charge < -0.3 is 9.84 Å². The number of carbonyl (C=O) groups excluding carboxylic acids is 1. The molecule has 29 heavy (non-hydrogen) atoms. The fourth-order valence-corrected chi connectivity index (χ4v) is 2.78. The minimum Gasteiger partial charge on any atom is -0.355 e. The molecule has 1 amide bonds. The monoisotopic (exact) mass is 390 g/mol. The summed E-state index contributed by atoms with van der Waals surface area (Å²) in [5.41, 5.74) is 2.43. The normalized spacial score (nSPS) is 10.9. The third-order valence-corrected chi connectivity index (χ3v) is 4.46.